The Morgan fingerprint density at radius 1 is 0.696 bits per heavy atom. The maximum Gasteiger partial charge on any atom is 0.0781 e. The second-order valence-corrected chi connectivity index (χ2v) is 4.99. The number of aliphatic hydroxyl groups is 4. The maximum atomic E-state index is 8.92. The van der Waals surface area contributed by atoms with Crippen LogP contribution in [0.4, 0.5) is 0 Å². The third kappa shape index (κ3) is 24.1. The first-order valence-corrected chi connectivity index (χ1v) is 7.87. The summed E-state index contributed by atoms with van der Waals surface area (Å²) in [5.74, 6) is 0. The minimum absolute atomic E-state index is 0.0170. The second kappa shape index (κ2) is 19.7. The van der Waals surface area contributed by atoms with Gasteiger partial charge < -0.3 is 39.4 Å². The van der Waals surface area contributed by atoms with Crippen LogP contribution in [0.25, 0.3) is 0 Å². The fraction of sp³-hybridized carbons (Fsp3) is 1.00. The first kappa shape index (κ1) is 24.9. The van der Waals surface area contributed by atoms with Gasteiger partial charge in [0, 0.05) is 0 Å². The van der Waals surface area contributed by atoms with Gasteiger partial charge in [-0.1, -0.05) is 0 Å². The van der Waals surface area contributed by atoms with Crippen molar-refractivity contribution in [2.45, 2.75) is 39.1 Å². The molecule has 8 nitrogen and oxygen atoms in total. The lowest BCUT2D eigenvalue weighted by molar-refractivity contribution is -0.0620. The largest absolute Gasteiger partial charge is 0.394 e. The molecule has 142 valence electrons. The lowest BCUT2D eigenvalue weighted by Gasteiger charge is -2.16. The molecule has 0 radical (unpaired) electrons. The van der Waals surface area contributed by atoms with Crippen molar-refractivity contribution in [1.29, 1.82) is 0 Å². The summed E-state index contributed by atoms with van der Waals surface area (Å²) in [7, 11) is 0. The fourth-order valence-corrected chi connectivity index (χ4v) is 1.16. The lowest BCUT2D eigenvalue weighted by Crippen LogP contribution is -2.24. The topological polar surface area (TPSA) is 118 Å². The first-order chi connectivity index (χ1) is 11.0. The molecule has 0 aliphatic carbocycles. The predicted octanol–water partition coefficient (Wildman–Crippen LogP) is -0.826. The van der Waals surface area contributed by atoms with Gasteiger partial charge in [-0.25, -0.2) is 0 Å². The van der Waals surface area contributed by atoms with Crippen LogP contribution in [0.2, 0.25) is 0 Å². The van der Waals surface area contributed by atoms with Gasteiger partial charge in [0.15, 0.2) is 0 Å². The Morgan fingerprint density at radius 2 is 1.17 bits per heavy atom. The molecule has 0 aromatic heterocycles. The van der Waals surface area contributed by atoms with Crippen molar-refractivity contribution in [3.05, 3.63) is 0 Å². The molecule has 0 aliphatic heterocycles. The molecule has 0 aromatic carbocycles. The van der Waals surface area contributed by atoms with Gasteiger partial charge in [0.1, 0.15) is 0 Å². The molecular formula is C15H34O8. The molecule has 0 spiro atoms. The van der Waals surface area contributed by atoms with Gasteiger partial charge in [0.25, 0.3) is 0 Å². The van der Waals surface area contributed by atoms with E-state index in [1.807, 2.05) is 6.92 Å². The van der Waals surface area contributed by atoms with E-state index >= 15 is 0 Å². The molecule has 0 rings (SSSR count). The summed E-state index contributed by atoms with van der Waals surface area (Å²) in [4.78, 5) is 0. The van der Waals surface area contributed by atoms with Crippen molar-refractivity contribution in [2.24, 2.45) is 0 Å². The summed E-state index contributed by atoms with van der Waals surface area (Å²) in [6.45, 7) is 7.83. The van der Waals surface area contributed by atoms with Crippen LogP contribution in [0.15, 0.2) is 0 Å². The Bertz CT molecular complexity index is 208. The molecule has 0 aromatic rings. The van der Waals surface area contributed by atoms with Gasteiger partial charge in [-0.2, -0.15) is 0 Å². The van der Waals surface area contributed by atoms with Crippen LogP contribution >= 0.6 is 0 Å². The Morgan fingerprint density at radius 3 is 1.57 bits per heavy atom. The summed E-state index contributed by atoms with van der Waals surface area (Å²) >= 11 is 0. The van der Waals surface area contributed by atoms with Crippen LogP contribution in [-0.4, -0.2) is 98.2 Å². The summed E-state index contributed by atoms with van der Waals surface area (Å²) in [5, 5.41) is 34.1. The molecule has 0 aliphatic rings. The minimum atomic E-state index is -0.447. The molecule has 0 bridgehead atoms. The average molecular weight is 342 g/mol. The minimum Gasteiger partial charge on any atom is -0.394 e. The van der Waals surface area contributed by atoms with Crippen LogP contribution in [-0.2, 0) is 18.9 Å². The molecule has 3 atom stereocenters. The van der Waals surface area contributed by atoms with Crippen LogP contribution in [0, 0.1) is 0 Å². The van der Waals surface area contributed by atoms with Gasteiger partial charge >= 0.3 is 0 Å². The molecule has 23 heavy (non-hydrogen) atoms. The Balaban J connectivity index is 0. The SMILES string of the molecule is CC(O)COC(C)COC(C)CO.OCCOCCOCCO. The Hall–Kier alpha value is -0.320. The third-order valence-electron chi connectivity index (χ3n) is 2.34. The van der Waals surface area contributed by atoms with E-state index in [1.54, 1.807) is 13.8 Å². The Labute approximate surface area is 138 Å². The van der Waals surface area contributed by atoms with E-state index in [0.29, 0.717) is 39.6 Å². The standard InChI is InChI=1S/C9H20O4.C6H14O4/c1-7(11)5-12-9(3)6-13-8(2)4-10;7-1-3-9-5-6-10-4-2-8/h7-11H,4-6H2,1-3H3;7-8H,1-6H2. The summed E-state index contributed by atoms with van der Waals surface area (Å²) in [6.07, 6.45) is -0.654. The van der Waals surface area contributed by atoms with Gasteiger partial charge in [-0.05, 0) is 20.8 Å². The summed E-state index contributed by atoms with van der Waals surface area (Å²) < 4.78 is 20.2. The van der Waals surface area contributed by atoms with Crippen LogP contribution in [0.1, 0.15) is 20.8 Å². The van der Waals surface area contributed by atoms with E-state index in [-0.39, 0.29) is 32.0 Å². The van der Waals surface area contributed by atoms with Gasteiger partial charge in [0.2, 0.25) is 0 Å². The molecule has 3 unspecified atom stereocenters. The highest BCUT2D eigenvalue weighted by molar-refractivity contribution is 4.52. The van der Waals surface area contributed by atoms with Crippen LogP contribution in [0.3, 0.4) is 0 Å². The third-order valence-corrected chi connectivity index (χ3v) is 2.34. The van der Waals surface area contributed by atoms with Crippen molar-refractivity contribution >= 4 is 0 Å². The second-order valence-electron chi connectivity index (χ2n) is 4.99. The van der Waals surface area contributed by atoms with E-state index in [4.69, 9.17) is 39.4 Å². The summed E-state index contributed by atoms with van der Waals surface area (Å²) in [6, 6.07) is 0. The molecule has 0 amide bonds. The van der Waals surface area contributed by atoms with Crippen LogP contribution < -0.4 is 0 Å². The van der Waals surface area contributed by atoms with E-state index in [1.165, 1.54) is 0 Å². The molecular weight excluding hydrogens is 308 g/mol. The normalized spacial score (nSPS) is 14.7. The van der Waals surface area contributed by atoms with E-state index in [9.17, 15) is 0 Å². The highest BCUT2D eigenvalue weighted by atomic mass is 16.5. The molecule has 0 saturated heterocycles. The zero-order chi connectivity index (χ0) is 17.9. The summed E-state index contributed by atoms with van der Waals surface area (Å²) in [5.41, 5.74) is 0. The number of hydrogen-bond donors (Lipinski definition) is 4. The van der Waals surface area contributed by atoms with Crippen molar-refractivity contribution in [1.82, 2.24) is 0 Å². The molecule has 4 N–H and O–H groups in total. The monoisotopic (exact) mass is 342 g/mol. The van der Waals surface area contributed by atoms with Gasteiger partial charge in [-0.3, -0.25) is 0 Å². The van der Waals surface area contributed by atoms with Crippen molar-refractivity contribution in [2.75, 3.05) is 59.5 Å². The molecule has 8 heteroatoms. The lowest BCUT2D eigenvalue weighted by atomic mass is 10.4. The van der Waals surface area contributed by atoms with Gasteiger partial charge in [-0.15, -0.1) is 0 Å². The number of rotatable bonds is 14. The highest BCUT2D eigenvalue weighted by Crippen LogP contribution is 1.97. The van der Waals surface area contributed by atoms with Crippen molar-refractivity contribution in [3.63, 3.8) is 0 Å². The molecule has 0 fully saturated rings. The predicted molar refractivity (Wildman–Crippen MR) is 85.4 cm³/mol. The smallest absolute Gasteiger partial charge is 0.0781 e. The number of aliphatic hydroxyl groups excluding tert-OH is 4. The van der Waals surface area contributed by atoms with E-state index in [2.05, 4.69) is 0 Å². The van der Waals surface area contributed by atoms with Gasteiger partial charge in [0.05, 0.1) is 77.8 Å². The Kier molecular flexibility index (Phi) is 21.4. The van der Waals surface area contributed by atoms with E-state index in [0.717, 1.165) is 0 Å². The maximum absolute atomic E-state index is 8.92. The average Bonchev–Trinajstić information content (AvgIpc) is 2.54. The van der Waals surface area contributed by atoms with E-state index < -0.39 is 6.10 Å². The zero-order valence-corrected chi connectivity index (χ0v) is 14.5. The molecule has 0 saturated carbocycles. The highest BCUT2D eigenvalue weighted by Gasteiger charge is 2.07. The zero-order valence-electron chi connectivity index (χ0n) is 14.5. The fourth-order valence-electron chi connectivity index (χ4n) is 1.16. The van der Waals surface area contributed by atoms with Crippen molar-refractivity contribution in [3.8, 4) is 0 Å². The number of hydrogen-bond acceptors (Lipinski definition) is 8. The first-order valence-electron chi connectivity index (χ1n) is 7.87. The van der Waals surface area contributed by atoms with Crippen molar-refractivity contribution < 1.29 is 39.4 Å². The number of ether oxygens (including phenoxy) is 4. The molecule has 0 heterocycles. The quantitative estimate of drug-likeness (QED) is 0.302. The van der Waals surface area contributed by atoms with Crippen LogP contribution in [0.5, 0.6) is 0 Å².